The van der Waals surface area contributed by atoms with Gasteiger partial charge in [-0.3, -0.25) is 0 Å². The van der Waals surface area contributed by atoms with Gasteiger partial charge in [-0.25, -0.2) is 0 Å². The van der Waals surface area contributed by atoms with Gasteiger partial charge in [0, 0.05) is 19.4 Å². The molecule has 1 rings (SSSR count). The Labute approximate surface area is 78.6 Å². The minimum Gasteiger partial charge on any atom is -0.362 e. The predicted molar refractivity (Wildman–Crippen MR) is 52.2 cm³/mol. The summed E-state index contributed by atoms with van der Waals surface area (Å²) in [5, 5.41) is 0. The van der Waals surface area contributed by atoms with Gasteiger partial charge in [0.25, 0.3) is 0 Å². The SMILES string of the molecule is Br.CC#CCN1C=CN(C)C1. The van der Waals surface area contributed by atoms with Crippen LogP contribution in [0, 0.1) is 11.8 Å². The zero-order valence-corrected chi connectivity index (χ0v) is 8.58. The Balaban J connectivity index is 0.000001000. The molecule has 3 heteroatoms. The molecule has 2 nitrogen and oxygen atoms in total. The van der Waals surface area contributed by atoms with Gasteiger partial charge in [0.05, 0.1) is 13.2 Å². The molecule has 0 spiro atoms. The van der Waals surface area contributed by atoms with E-state index in [0.29, 0.717) is 0 Å². The molecule has 62 valence electrons. The van der Waals surface area contributed by atoms with Crippen LogP contribution in [-0.4, -0.2) is 30.1 Å². The Morgan fingerprint density at radius 2 is 2.18 bits per heavy atom. The van der Waals surface area contributed by atoms with E-state index < -0.39 is 0 Å². The highest BCUT2D eigenvalue weighted by molar-refractivity contribution is 8.93. The molecular formula is C8H13BrN2. The maximum atomic E-state index is 3.01. The van der Waals surface area contributed by atoms with Crippen LogP contribution in [-0.2, 0) is 0 Å². The maximum Gasteiger partial charge on any atom is 0.0899 e. The summed E-state index contributed by atoms with van der Waals surface area (Å²) < 4.78 is 0. The number of nitrogens with zero attached hydrogens (tertiary/aromatic N) is 2. The zero-order valence-electron chi connectivity index (χ0n) is 6.87. The van der Waals surface area contributed by atoms with E-state index in [2.05, 4.69) is 41.1 Å². The Kier molecular flexibility index (Phi) is 4.80. The van der Waals surface area contributed by atoms with E-state index in [1.54, 1.807) is 0 Å². The highest BCUT2D eigenvalue weighted by Gasteiger charge is 2.04. The second kappa shape index (κ2) is 5.09. The lowest BCUT2D eigenvalue weighted by molar-refractivity contribution is 0.321. The first-order valence-corrected chi connectivity index (χ1v) is 3.35. The van der Waals surface area contributed by atoms with Crippen molar-refractivity contribution in [1.29, 1.82) is 0 Å². The van der Waals surface area contributed by atoms with Crippen LogP contribution in [0.3, 0.4) is 0 Å². The first-order valence-electron chi connectivity index (χ1n) is 3.35. The molecule has 1 aliphatic rings. The van der Waals surface area contributed by atoms with E-state index >= 15 is 0 Å². The molecule has 0 radical (unpaired) electrons. The summed E-state index contributed by atoms with van der Waals surface area (Å²) in [6.07, 6.45) is 4.11. The summed E-state index contributed by atoms with van der Waals surface area (Å²) in [7, 11) is 2.05. The van der Waals surface area contributed by atoms with Crippen molar-refractivity contribution in [3.8, 4) is 11.8 Å². The summed E-state index contributed by atoms with van der Waals surface area (Å²) in [5.41, 5.74) is 0. The number of hydrogen-bond donors (Lipinski definition) is 0. The van der Waals surface area contributed by atoms with Crippen LogP contribution in [0.2, 0.25) is 0 Å². The van der Waals surface area contributed by atoms with Crippen molar-refractivity contribution in [1.82, 2.24) is 9.80 Å². The van der Waals surface area contributed by atoms with Crippen molar-refractivity contribution in [2.45, 2.75) is 6.92 Å². The molecule has 0 saturated heterocycles. The molecule has 0 aliphatic carbocycles. The fraction of sp³-hybridized carbons (Fsp3) is 0.500. The Morgan fingerprint density at radius 1 is 1.45 bits per heavy atom. The minimum atomic E-state index is 0. The quantitative estimate of drug-likeness (QED) is 0.610. The second-order valence-electron chi connectivity index (χ2n) is 2.37. The van der Waals surface area contributed by atoms with E-state index in [1.807, 2.05) is 6.92 Å². The summed E-state index contributed by atoms with van der Waals surface area (Å²) in [6, 6.07) is 0. The molecule has 0 bridgehead atoms. The Morgan fingerprint density at radius 3 is 2.64 bits per heavy atom. The van der Waals surface area contributed by atoms with Crippen LogP contribution in [0.1, 0.15) is 6.92 Å². The van der Waals surface area contributed by atoms with Crippen LogP contribution in [0.15, 0.2) is 12.4 Å². The van der Waals surface area contributed by atoms with E-state index in [1.165, 1.54) is 0 Å². The van der Waals surface area contributed by atoms with Gasteiger partial charge in [-0.05, 0) is 6.92 Å². The molecule has 0 aromatic heterocycles. The largest absolute Gasteiger partial charge is 0.362 e. The van der Waals surface area contributed by atoms with E-state index in [9.17, 15) is 0 Å². The lowest BCUT2D eigenvalue weighted by Crippen LogP contribution is -2.22. The molecule has 1 heterocycles. The van der Waals surface area contributed by atoms with Crippen LogP contribution in [0.25, 0.3) is 0 Å². The molecule has 0 aromatic carbocycles. The molecule has 0 N–H and O–H groups in total. The topological polar surface area (TPSA) is 6.48 Å². The first kappa shape index (κ1) is 10.4. The van der Waals surface area contributed by atoms with E-state index in [0.717, 1.165) is 13.2 Å². The summed E-state index contributed by atoms with van der Waals surface area (Å²) >= 11 is 0. The van der Waals surface area contributed by atoms with Crippen molar-refractivity contribution in [2.24, 2.45) is 0 Å². The van der Waals surface area contributed by atoms with Gasteiger partial charge in [-0.2, -0.15) is 0 Å². The third kappa shape index (κ3) is 3.33. The fourth-order valence-corrected chi connectivity index (χ4v) is 0.872. The molecule has 0 aromatic rings. The van der Waals surface area contributed by atoms with Gasteiger partial charge in [-0.15, -0.1) is 22.9 Å². The van der Waals surface area contributed by atoms with Crippen molar-refractivity contribution in [3.05, 3.63) is 12.4 Å². The molecule has 11 heavy (non-hydrogen) atoms. The van der Waals surface area contributed by atoms with Gasteiger partial charge in [0.15, 0.2) is 0 Å². The molecular weight excluding hydrogens is 204 g/mol. The number of halogens is 1. The third-order valence-corrected chi connectivity index (χ3v) is 1.40. The van der Waals surface area contributed by atoms with E-state index in [-0.39, 0.29) is 17.0 Å². The molecule has 0 atom stereocenters. The standard InChI is InChI=1S/C8H12N2.BrH/c1-3-4-5-10-7-6-9(2)8-10;/h6-7H,5,8H2,1-2H3;1H. The maximum absolute atomic E-state index is 3.01. The molecule has 0 saturated carbocycles. The van der Waals surface area contributed by atoms with Crippen LogP contribution < -0.4 is 0 Å². The summed E-state index contributed by atoms with van der Waals surface area (Å²) in [4.78, 5) is 4.29. The lowest BCUT2D eigenvalue weighted by atomic mass is 10.5. The molecule has 0 amide bonds. The minimum absolute atomic E-state index is 0. The summed E-state index contributed by atoms with van der Waals surface area (Å²) in [6.45, 7) is 3.68. The lowest BCUT2D eigenvalue weighted by Gasteiger charge is -2.14. The number of rotatable bonds is 1. The van der Waals surface area contributed by atoms with Gasteiger partial charge in [-0.1, -0.05) is 5.92 Å². The van der Waals surface area contributed by atoms with Crippen molar-refractivity contribution < 1.29 is 0 Å². The van der Waals surface area contributed by atoms with Crippen molar-refractivity contribution in [2.75, 3.05) is 20.3 Å². The average molecular weight is 217 g/mol. The van der Waals surface area contributed by atoms with Gasteiger partial charge in [0.1, 0.15) is 0 Å². The molecule has 0 fully saturated rings. The van der Waals surface area contributed by atoms with Gasteiger partial charge in [0.2, 0.25) is 0 Å². The monoisotopic (exact) mass is 216 g/mol. The first-order chi connectivity index (χ1) is 4.83. The van der Waals surface area contributed by atoms with Gasteiger partial charge >= 0.3 is 0 Å². The Bertz CT molecular complexity index is 190. The normalized spacial score (nSPS) is 14.0. The highest BCUT2D eigenvalue weighted by atomic mass is 79.9. The van der Waals surface area contributed by atoms with E-state index in [4.69, 9.17) is 0 Å². The van der Waals surface area contributed by atoms with Crippen LogP contribution >= 0.6 is 17.0 Å². The average Bonchev–Trinajstić information content (AvgIpc) is 2.31. The second-order valence-corrected chi connectivity index (χ2v) is 2.37. The summed E-state index contributed by atoms with van der Waals surface area (Å²) in [5.74, 6) is 5.87. The zero-order chi connectivity index (χ0) is 7.40. The molecule has 1 aliphatic heterocycles. The van der Waals surface area contributed by atoms with Crippen LogP contribution in [0.5, 0.6) is 0 Å². The van der Waals surface area contributed by atoms with Crippen LogP contribution in [0.4, 0.5) is 0 Å². The smallest absolute Gasteiger partial charge is 0.0899 e. The van der Waals surface area contributed by atoms with Gasteiger partial charge < -0.3 is 9.80 Å². The number of hydrogen-bond acceptors (Lipinski definition) is 2. The Hall–Kier alpha value is -0.620. The highest BCUT2D eigenvalue weighted by Crippen LogP contribution is 2.01. The third-order valence-electron chi connectivity index (χ3n) is 1.40. The van der Waals surface area contributed by atoms with Crippen molar-refractivity contribution >= 4 is 17.0 Å². The van der Waals surface area contributed by atoms with Crippen molar-refractivity contribution in [3.63, 3.8) is 0 Å². The predicted octanol–water partition coefficient (Wildman–Crippen LogP) is 1.26. The molecule has 0 unspecified atom stereocenters. The fourth-order valence-electron chi connectivity index (χ4n) is 0.872.